The second-order valence-electron chi connectivity index (χ2n) is 4.08. The fourth-order valence-corrected chi connectivity index (χ4v) is 2.61. The molecule has 1 aliphatic rings. The molecule has 0 atom stereocenters. The molecule has 6 heteroatoms. The van der Waals surface area contributed by atoms with Gasteiger partial charge in [-0.3, -0.25) is 4.57 Å². The minimum Gasteiger partial charge on any atom is -0.394 e. The number of ether oxygens (including phenoxy) is 1. The molecule has 0 aromatic rings. The predicted octanol–water partition coefficient (Wildman–Crippen LogP) is 1.85. The van der Waals surface area contributed by atoms with Gasteiger partial charge in [-0.05, 0) is 0 Å². The van der Waals surface area contributed by atoms with Gasteiger partial charge in [0.2, 0.25) is 0 Å². The maximum Gasteiger partial charge on any atom is 0.356 e. The second-order valence-corrected chi connectivity index (χ2v) is 6.08. The van der Waals surface area contributed by atoms with Crippen molar-refractivity contribution in [1.82, 2.24) is 0 Å². The fraction of sp³-hybridized carbons (Fsp3) is 1.00. The molecule has 0 aromatic carbocycles. The van der Waals surface area contributed by atoms with Crippen LogP contribution >= 0.6 is 7.60 Å². The molecule has 1 rings (SSSR count). The average Bonchev–Trinajstić information content (AvgIpc) is 2.12. The summed E-state index contributed by atoms with van der Waals surface area (Å²) in [6.07, 6.45) is -0.0797. The maximum atomic E-state index is 11.7. The van der Waals surface area contributed by atoms with Gasteiger partial charge in [-0.25, -0.2) is 0 Å². The van der Waals surface area contributed by atoms with Crippen molar-refractivity contribution in [2.45, 2.75) is 21.3 Å². The zero-order valence-electron chi connectivity index (χ0n) is 8.56. The lowest BCUT2D eigenvalue weighted by molar-refractivity contribution is 0.0233. The van der Waals surface area contributed by atoms with Crippen LogP contribution in [0.1, 0.15) is 21.3 Å². The van der Waals surface area contributed by atoms with Crippen molar-refractivity contribution in [1.29, 1.82) is 0 Å². The van der Waals surface area contributed by atoms with Crippen LogP contribution in [0.2, 0.25) is 0 Å². The first-order valence-corrected chi connectivity index (χ1v) is 6.27. The van der Waals surface area contributed by atoms with E-state index in [1.807, 2.05) is 13.8 Å². The third kappa shape index (κ3) is 5.09. The third-order valence-electron chi connectivity index (χ3n) is 1.79. The van der Waals surface area contributed by atoms with Gasteiger partial charge in [0.15, 0.2) is 0 Å². The van der Waals surface area contributed by atoms with Gasteiger partial charge in [0.1, 0.15) is 6.35 Å². The van der Waals surface area contributed by atoms with Gasteiger partial charge in [0, 0.05) is 5.41 Å². The van der Waals surface area contributed by atoms with Crippen LogP contribution in [-0.4, -0.2) is 37.9 Å². The van der Waals surface area contributed by atoms with E-state index in [9.17, 15) is 4.57 Å². The smallest absolute Gasteiger partial charge is 0.356 e. The highest BCUT2D eigenvalue weighted by molar-refractivity contribution is 7.53. The molecule has 1 fully saturated rings. The fourth-order valence-electron chi connectivity index (χ4n) is 0.941. The highest BCUT2D eigenvalue weighted by Crippen LogP contribution is 2.53. The summed E-state index contributed by atoms with van der Waals surface area (Å²) < 4.78 is 27.0. The normalized spacial score (nSPS) is 23.1. The van der Waals surface area contributed by atoms with E-state index in [0.717, 1.165) is 0 Å². The van der Waals surface area contributed by atoms with Crippen LogP contribution in [0.15, 0.2) is 0 Å². The topological polar surface area (TPSA) is 65.0 Å². The molecular formula is C9H21O5P. The van der Waals surface area contributed by atoms with E-state index in [0.29, 0.717) is 13.2 Å². The number of hydrogen-bond donors (Lipinski definition) is 1. The minimum atomic E-state index is -3.06. The van der Waals surface area contributed by atoms with E-state index in [1.165, 1.54) is 0 Å². The van der Waals surface area contributed by atoms with E-state index in [2.05, 4.69) is 0 Å². The highest BCUT2D eigenvalue weighted by atomic mass is 31.2. The minimum absolute atomic E-state index is 0. The molecule has 0 saturated carbocycles. The lowest BCUT2D eigenvalue weighted by atomic mass is 9.97. The van der Waals surface area contributed by atoms with Crippen molar-refractivity contribution in [3.05, 3.63) is 0 Å². The van der Waals surface area contributed by atoms with Gasteiger partial charge in [-0.1, -0.05) is 21.3 Å². The van der Waals surface area contributed by atoms with Gasteiger partial charge in [-0.15, -0.1) is 0 Å². The van der Waals surface area contributed by atoms with Gasteiger partial charge in [0.05, 0.1) is 26.4 Å². The Morgan fingerprint density at radius 2 is 1.93 bits per heavy atom. The van der Waals surface area contributed by atoms with Crippen molar-refractivity contribution >= 4 is 7.60 Å². The van der Waals surface area contributed by atoms with E-state index >= 15 is 0 Å². The van der Waals surface area contributed by atoms with E-state index < -0.39 is 7.60 Å². The van der Waals surface area contributed by atoms with Gasteiger partial charge >= 0.3 is 7.60 Å². The van der Waals surface area contributed by atoms with Gasteiger partial charge < -0.3 is 18.9 Å². The number of hydrogen-bond acceptors (Lipinski definition) is 5. The number of rotatable bonds is 4. The summed E-state index contributed by atoms with van der Waals surface area (Å²) in [5.41, 5.74) is -0.0924. The van der Waals surface area contributed by atoms with Crippen LogP contribution in [0.25, 0.3) is 0 Å². The quantitative estimate of drug-likeness (QED) is 0.600. The Hall–Kier alpha value is 0.0700. The van der Waals surface area contributed by atoms with Crippen LogP contribution in [0.4, 0.5) is 0 Å². The SMILES string of the molecule is C.CC1(C)COP(=O)(COCCO)OC1. The highest BCUT2D eigenvalue weighted by Gasteiger charge is 2.36. The molecule has 0 radical (unpaired) electrons. The summed E-state index contributed by atoms with van der Waals surface area (Å²) in [7, 11) is -3.06. The second kappa shape index (κ2) is 5.97. The molecule has 1 heterocycles. The van der Waals surface area contributed by atoms with Crippen molar-refractivity contribution in [2.75, 3.05) is 32.8 Å². The van der Waals surface area contributed by atoms with E-state index in [-0.39, 0.29) is 32.4 Å². The van der Waals surface area contributed by atoms with Crippen LogP contribution in [0, 0.1) is 5.41 Å². The predicted molar refractivity (Wildman–Crippen MR) is 57.9 cm³/mol. The standard InChI is InChI=1S/C8H17O5P.CH4/c1-8(2)5-12-14(10,13-6-8)7-11-4-3-9;/h9H,3-7H2,1-2H3;1H4. The first-order chi connectivity index (χ1) is 6.47. The summed E-state index contributed by atoms with van der Waals surface area (Å²) >= 11 is 0. The molecule has 1 N–H and O–H groups in total. The summed E-state index contributed by atoms with van der Waals surface area (Å²) in [5.74, 6) is 0. The number of aliphatic hydroxyl groups excluding tert-OH is 1. The molecule has 0 aliphatic carbocycles. The Balaban J connectivity index is 0.00000196. The van der Waals surface area contributed by atoms with Crippen molar-refractivity contribution in [3.63, 3.8) is 0 Å². The van der Waals surface area contributed by atoms with Crippen LogP contribution in [0.3, 0.4) is 0 Å². The molecule has 5 nitrogen and oxygen atoms in total. The summed E-state index contributed by atoms with van der Waals surface area (Å²) in [6.45, 7) is 4.83. The van der Waals surface area contributed by atoms with Gasteiger partial charge in [-0.2, -0.15) is 0 Å². The lowest BCUT2D eigenvalue weighted by Gasteiger charge is -2.33. The lowest BCUT2D eigenvalue weighted by Crippen LogP contribution is -2.30. The summed E-state index contributed by atoms with van der Waals surface area (Å²) in [4.78, 5) is 0. The number of aliphatic hydroxyl groups is 1. The monoisotopic (exact) mass is 240 g/mol. The first kappa shape index (κ1) is 15.1. The molecular weight excluding hydrogens is 219 g/mol. The molecule has 1 saturated heterocycles. The van der Waals surface area contributed by atoms with Gasteiger partial charge in [0.25, 0.3) is 0 Å². The molecule has 92 valence electrons. The molecule has 0 spiro atoms. The van der Waals surface area contributed by atoms with Crippen LogP contribution < -0.4 is 0 Å². The Morgan fingerprint density at radius 3 is 2.40 bits per heavy atom. The Labute approximate surface area is 91.3 Å². The molecule has 0 aromatic heterocycles. The van der Waals surface area contributed by atoms with Crippen LogP contribution in [-0.2, 0) is 18.3 Å². The summed E-state index contributed by atoms with van der Waals surface area (Å²) in [5, 5.41) is 8.47. The molecule has 0 amide bonds. The van der Waals surface area contributed by atoms with E-state index in [1.54, 1.807) is 0 Å². The van der Waals surface area contributed by atoms with Crippen molar-refractivity contribution in [3.8, 4) is 0 Å². The molecule has 0 bridgehead atoms. The Morgan fingerprint density at radius 1 is 1.40 bits per heavy atom. The Kier molecular flexibility index (Phi) is 5.99. The Bertz CT molecular complexity index is 215. The third-order valence-corrected chi connectivity index (χ3v) is 3.33. The first-order valence-electron chi connectivity index (χ1n) is 4.54. The maximum absolute atomic E-state index is 11.7. The van der Waals surface area contributed by atoms with E-state index in [4.69, 9.17) is 18.9 Å². The van der Waals surface area contributed by atoms with Crippen molar-refractivity contribution in [2.24, 2.45) is 5.41 Å². The zero-order chi connectivity index (χ0) is 10.7. The zero-order valence-corrected chi connectivity index (χ0v) is 9.46. The largest absolute Gasteiger partial charge is 0.394 e. The van der Waals surface area contributed by atoms with Crippen molar-refractivity contribution < 1.29 is 23.5 Å². The van der Waals surface area contributed by atoms with Crippen LogP contribution in [0.5, 0.6) is 0 Å². The summed E-state index contributed by atoms with van der Waals surface area (Å²) in [6, 6.07) is 0. The molecule has 15 heavy (non-hydrogen) atoms. The average molecular weight is 240 g/mol. The molecule has 0 unspecified atom stereocenters. The molecule has 1 aliphatic heterocycles.